The molecule has 0 N–H and O–H groups in total. The Hall–Kier alpha value is -2.30. The Kier molecular flexibility index (Phi) is 4.98. The Bertz CT molecular complexity index is 563. The Balaban J connectivity index is 2.03. The molecule has 0 unspecified atom stereocenters. The van der Waals surface area contributed by atoms with Crippen molar-refractivity contribution < 1.29 is 0 Å². The maximum atomic E-state index is 8.76. The van der Waals surface area contributed by atoms with E-state index in [1.807, 2.05) is 24.3 Å². The lowest BCUT2D eigenvalue weighted by Crippen LogP contribution is -2.48. The van der Waals surface area contributed by atoms with E-state index < -0.39 is 0 Å². The zero-order valence-electron chi connectivity index (χ0n) is 12.6. The predicted molar refractivity (Wildman–Crippen MR) is 84.6 cm³/mol. The van der Waals surface area contributed by atoms with E-state index in [0.29, 0.717) is 6.04 Å². The average Bonchev–Trinajstić information content (AvgIpc) is 2.53. The van der Waals surface area contributed by atoms with Gasteiger partial charge in [-0.3, -0.25) is 4.90 Å². The number of benzene rings is 1. The van der Waals surface area contributed by atoms with Crippen LogP contribution in [-0.4, -0.2) is 37.1 Å². The minimum absolute atomic E-state index is 0.133. The van der Waals surface area contributed by atoms with Crippen molar-refractivity contribution in [2.75, 3.05) is 31.1 Å². The monoisotopic (exact) mass is 280 g/mol. The molecule has 4 heteroatoms. The number of nitriles is 2. The molecule has 0 amide bonds. The molecular weight excluding hydrogens is 260 g/mol. The number of anilines is 1. The van der Waals surface area contributed by atoms with Gasteiger partial charge in [-0.1, -0.05) is 12.1 Å². The Morgan fingerprint density at radius 1 is 1.05 bits per heavy atom. The van der Waals surface area contributed by atoms with Crippen LogP contribution in [0.25, 0.3) is 6.08 Å². The first kappa shape index (κ1) is 15.1. The second-order valence-corrected chi connectivity index (χ2v) is 5.49. The topological polar surface area (TPSA) is 54.1 Å². The van der Waals surface area contributed by atoms with Crippen molar-refractivity contribution in [2.45, 2.75) is 19.9 Å². The van der Waals surface area contributed by atoms with Crippen LogP contribution in [0, 0.1) is 22.7 Å². The molecule has 1 aliphatic heterocycles. The van der Waals surface area contributed by atoms with Crippen molar-refractivity contribution in [2.24, 2.45) is 0 Å². The molecule has 4 nitrogen and oxygen atoms in total. The second-order valence-electron chi connectivity index (χ2n) is 5.49. The van der Waals surface area contributed by atoms with Gasteiger partial charge in [0.05, 0.1) is 0 Å². The zero-order valence-corrected chi connectivity index (χ0v) is 12.6. The number of hydrogen-bond acceptors (Lipinski definition) is 4. The molecule has 0 spiro atoms. The lowest BCUT2D eigenvalue weighted by Gasteiger charge is -2.38. The van der Waals surface area contributed by atoms with Gasteiger partial charge in [0, 0.05) is 37.9 Å². The van der Waals surface area contributed by atoms with E-state index in [2.05, 4.69) is 35.8 Å². The van der Waals surface area contributed by atoms with Gasteiger partial charge in [-0.25, -0.2) is 0 Å². The van der Waals surface area contributed by atoms with E-state index >= 15 is 0 Å². The van der Waals surface area contributed by atoms with Crippen molar-refractivity contribution in [3.63, 3.8) is 0 Å². The fraction of sp³-hybridized carbons (Fsp3) is 0.412. The molecule has 0 saturated carbocycles. The molecule has 0 aliphatic carbocycles. The highest BCUT2D eigenvalue weighted by molar-refractivity contribution is 5.64. The zero-order chi connectivity index (χ0) is 15.2. The molecule has 108 valence electrons. The summed E-state index contributed by atoms with van der Waals surface area (Å²) in [7, 11) is 0. The van der Waals surface area contributed by atoms with E-state index in [0.717, 1.165) is 31.7 Å². The average molecular weight is 280 g/mol. The van der Waals surface area contributed by atoms with Crippen LogP contribution in [-0.2, 0) is 0 Å². The molecule has 0 atom stereocenters. The van der Waals surface area contributed by atoms with Crippen LogP contribution < -0.4 is 4.90 Å². The molecule has 0 radical (unpaired) electrons. The highest BCUT2D eigenvalue weighted by Gasteiger charge is 2.18. The first-order chi connectivity index (χ1) is 10.1. The molecule has 1 fully saturated rings. The number of nitrogens with zero attached hydrogens (tertiary/aromatic N) is 4. The number of allylic oxidation sites excluding steroid dienone is 1. The van der Waals surface area contributed by atoms with Crippen LogP contribution in [0.5, 0.6) is 0 Å². The van der Waals surface area contributed by atoms with Gasteiger partial charge >= 0.3 is 0 Å². The lowest BCUT2D eigenvalue weighted by atomic mass is 10.1. The third-order valence-electron chi connectivity index (χ3n) is 3.85. The smallest absolute Gasteiger partial charge is 0.130 e. The third-order valence-corrected chi connectivity index (χ3v) is 3.85. The maximum Gasteiger partial charge on any atom is 0.130 e. The first-order valence-electron chi connectivity index (χ1n) is 7.25. The van der Waals surface area contributed by atoms with Crippen LogP contribution in [0.2, 0.25) is 0 Å². The molecule has 2 rings (SSSR count). The number of hydrogen-bond donors (Lipinski definition) is 0. The second kappa shape index (κ2) is 6.92. The summed E-state index contributed by atoms with van der Waals surface area (Å²) in [5.74, 6) is 0. The molecular formula is C17H20N4. The van der Waals surface area contributed by atoms with Crippen LogP contribution in [0.15, 0.2) is 29.8 Å². The van der Waals surface area contributed by atoms with Gasteiger partial charge in [-0.05, 0) is 37.6 Å². The number of piperazine rings is 1. The van der Waals surface area contributed by atoms with Crippen molar-refractivity contribution in [3.8, 4) is 12.1 Å². The Morgan fingerprint density at radius 2 is 1.62 bits per heavy atom. The van der Waals surface area contributed by atoms with Gasteiger partial charge in [0.1, 0.15) is 17.7 Å². The Labute approximate surface area is 126 Å². The molecule has 1 aliphatic rings. The van der Waals surface area contributed by atoms with Crippen LogP contribution in [0.1, 0.15) is 19.4 Å². The lowest BCUT2D eigenvalue weighted by molar-refractivity contribution is 0.209. The summed E-state index contributed by atoms with van der Waals surface area (Å²) in [4.78, 5) is 4.86. The summed E-state index contributed by atoms with van der Waals surface area (Å²) < 4.78 is 0. The highest BCUT2D eigenvalue weighted by Crippen LogP contribution is 2.19. The van der Waals surface area contributed by atoms with Crippen molar-refractivity contribution in [3.05, 3.63) is 35.4 Å². The van der Waals surface area contributed by atoms with Crippen LogP contribution >= 0.6 is 0 Å². The first-order valence-corrected chi connectivity index (χ1v) is 7.25. The van der Waals surface area contributed by atoms with E-state index in [9.17, 15) is 0 Å². The van der Waals surface area contributed by atoms with Gasteiger partial charge in [0.25, 0.3) is 0 Å². The summed E-state index contributed by atoms with van der Waals surface area (Å²) in [6.45, 7) is 8.72. The quantitative estimate of drug-likeness (QED) is 0.799. The fourth-order valence-electron chi connectivity index (χ4n) is 2.53. The summed E-state index contributed by atoms with van der Waals surface area (Å²) in [6.07, 6.45) is 1.61. The molecule has 0 bridgehead atoms. The fourth-order valence-corrected chi connectivity index (χ4v) is 2.53. The largest absolute Gasteiger partial charge is 0.369 e. The van der Waals surface area contributed by atoms with Gasteiger partial charge < -0.3 is 4.90 Å². The molecule has 0 aromatic heterocycles. The maximum absolute atomic E-state index is 8.76. The van der Waals surface area contributed by atoms with E-state index in [1.165, 1.54) is 5.69 Å². The van der Waals surface area contributed by atoms with Crippen LogP contribution in [0.4, 0.5) is 5.69 Å². The van der Waals surface area contributed by atoms with Gasteiger partial charge in [0.2, 0.25) is 0 Å². The molecule has 21 heavy (non-hydrogen) atoms. The predicted octanol–water partition coefficient (Wildman–Crippen LogP) is 2.65. The Morgan fingerprint density at radius 3 is 2.10 bits per heavy atom. The van der Waals surface area contributed by atoms with Crippen molar-refractivity contribution in [1.29, 1.82) is 10.5 Å². The van der Waals surface area contributed by atoms with E-state index in [1.54, 1.807) is 6.08 Å². The van der Waals surface area contributed by atoms with E-state index in [-0.39, 0.29) is 5.57 Å². The SMILES string of the molecule is CC(C)N1CCN(c2ccc(C=C(C#N)C#N)cc2)CC1. The van der Waals surface area contributed by atoms with E-state index in [4.69, 9.17) is 10.5 Å². The normalized spacial score (nSPS) is 15.4. The summed E-state index contributed by atoms with van der Waals surface area (Å²) >= 11 is 0. The van der Waals surface area contributed by atoms with Gasteiger partial charge in [-0.15, -0.1) is 0 Å². The molecule has 1 heterocycles. The highest BCUT2D eigenvalue weighted by atomic mass is 15.3. The minimum atomic E-state index is 0.133. The van der Waals surface area contributed by atoms with Gasteiger partial charge in [-0.2, -0.15) is 10.5 Å². The van der Waals surface area contributed by atoms with Crippen molar-refractivity contribution >= 4 is 11.8 Å². The van der Waals surface area contributed by atoms with Crippen molar-refractivity contribution in [1.82, 2.24) is 4.90 Å². The molecule has 1 saturated heterocycles. The number of rotatable bonds is 3. The summed E-state index contributed by atoms with van der Waals surface area (Å²) in [5, 5.41) is 17.5. The summed E-state index contributed by atoms with van der Waals surface area (Å²) in [5.41, 5.74) is 2.22. The minimum Gasteiger partial charge on any atom is -0.369 e. The molecule has 1 aromatic rings. The molecule has 1 aromatic carbocycles. The summed E-state index contributed by atoms with van der Waals surface area (Å²) in [6, 6.07) is 12.4. The standard InChI is InChI=1S/C17H20N4/c1-14(2)20-7-9-21(10-8-20)17-5-3-15(4-6-17)11-16(12-18)13-19/h3-6,11,14H,7-10H2,1-2H3. The van der Waals surface area contributed by atoms with Gasteiger partial charge in [0.15, 0.2) is 0 Å². The van der Waals surface area contributed by atoms with Crippen LogP contribution in [0.3, 0.4) is 0 Å². The third kappa shape index (κ3) is 3.84.